The molecule has 0 saturated heterocycles. The average Bonchev–Trinajstić information content (AvgIpc) is 2.95. The molecule has 0 saturated carbocycles. The van der Waals surface area contributed by atoms with Crippen LogP contribution >= 0.6 is 11.3 Å². The van der Waals surface area contributed by atoms with Gasteiger partial charge in [-0.25, -0.2) is 18.4 Å². The van der Waals surface area contributed by atoms with E-state index in [0.717, 1.165) is 10.6 Å². The topological polar surface area (TPSA) is 85.1 Å². The van der Waals surface area contributed by atoms with Crippen molar-refractivity contribution in [3.8, 4) is 0 Å². The highest BCUT2D eigenvalue weighted by atomic mass is 32.2. The number of hydrogen-bond donors (Lipinski definition) is 1. The van der Waals surface area contributed by atoms with Crippen LogP contribution in [0.2, 0.25) is 0 Å². The predicted octanol–water partition coefficient (Wildman–Crippen LogP) is 2.70. The van der Waals surface area contributed by atoms with Gasteiger partial charge < -0.3 is 4.42 Å². The number of hydrogen-bond acceptors (Lipinski definition) is 6. The normalized spacial score (nSPS) is 11.9. The first kappa shape index (κ1) is 13.1. The second-order valence-corrected chi connectivity index (χ2v) is 7.13. The molecule has 6 nitrogen and oxygen atoms in total. The Morgan fingerprint density at radius 2 is 2.10 bits per heavy atom. The summed E-state index contributed by atoms with van der Waals surface area (Å²) in [6, 6.07) is 4.53. The van der Waals surface area contributed by atoms with Crippen LogP contribution in [0.1, 0.15) is 10.6 Å². The van der Waals surface area contributed by atoms with Gasteiger partial charge in [0.15, 0.2) is 17.1 Å². The molecule has 0 unspecified atom stereocenters. The molecule has 0 amide bonds. The molecule has 8 heteroatoms. The van der Waals surface area contributed by atoms with Crippen molar-refractivity contribution in [2.24, 2.45) is 0 Å². The standard InChI is InChI=1S/C12H11N3O3S2/c1-7-8(2)19-12(14-7)15-20(16,17)9-3-4-10-11(5-9)18-6-13-10/h3-6H,1-2H3,(H,14,15). The van der Waals surface area contributed by atoms with E-state index in [1.807, 2.05) is 13.8 Å². The van der Waals surface area contributed by atoms with Gasteiger partial charge in [-0.3, -0.25) is 4.72 Å². The smallest absolute Gasteiger partial charge is 0.263 e. The lowest BCUT2D eigenvalue weighted by Crippen LogP contribution is -2.12. The first-order chi connectivity index (χ1) is 9.45. The SMILES string of the molecule is Cc1nc(NS(=O)(=O)c2ccc3ncoc3c2)sc1C. The van der Waals surface area contributed by atoms with Crippen LogP contribution in [-0.2, 0) is 10.0 Å². The number of aromatic nitrogens is 2. The van der Waals surface area contributed by atoms with Gasteiger partial charge in [-0.05, 0) is 26.0 Å². The Morgan fingerprint density at radius 1 is 1.30 bits per heavy atom. The number of aryl methyl sites for hydroxylation is 2. The highest BCUT2D eigenvalue weighted by molar-refractivity contribution is 7.93. The van der Waals surface area contributed by atoms with Gasteiger partial charge in [0.2, 0.25) is 0 Å². The monoisotopic (exact) mass is 309 g/mol. The van der Waals surface area contributed by atoms with Gasteiger partial charge in [-0.2, -0.15) is 0 Å². The lowest BCUT2D eigenvalue weighted by molar-refractivity contribution is 0.594. The van der Waals surface area contributed by atoms with Gasteiger partial charge >= 0.3 is 0 Å². The van der Waals surface area contributed by atoms with Crippen LogP contribution in [0, 0.1) is 13.8 Å². The molecule has 0 aliphatic carbocycles. The third kappa shape index (κ3) is 2.27. The van der Waals surface area contributed by atoms with E-state index in [4.69, 9.17) is 4.42 Å². The van der Waals surface area contributed by atoms with E-state index in [1.165, 1.54) is 29.9 Å². The van der Waals surface area contributed by atoms with Crippen molar-refractivity contribution >= 4 is 37.6 Å². The van der Waals surface area contributed by atoms with Crippen LogP contribution in [0.4, 0.5) is 5.13 Å². The van der Waals surface area contributed by atoms with Crippen molar-refractivity contribution in [2.75, 3.05) is 4.72 Å². The molecule has 0 aliphatic rings. The maximum absolute atomic E-state index is 12.3. The van der Waals surface area contributed by atoms with Gasteiger partial charge in [0.25, 0.3) is 10.0 Å². The van der Waals surface area contributed by atoms with Crippen LogP contribution in [-0.4, -0.2) is 18.4 Å². The zero-order valence-corrected chi connectivity index (χ0v) is 12.4. The van der Waals surface area contributed by atoms with E-state index in [0.29, 0.717) is 16.2 Å². The molecule has 1 aromatic carbocycles. The van der Waals surface area contributed by atoms with Crippen molar-refractivity contribution in [1.29, 1.82) is 0 Å². The van der Waals surface area contributed by atoms with Gasteiger partial charge in [0.05, 0.1) is 10.6 Å². The molecule has 20 heavy (non-hydrogen) atoms. The lowest BCUT2D eigenvalue weighted by atomic mass is 10.3. The summed E-state index contributed by atoms with van der Waals surface area (Å²) in [5, 5.41) is 0.359. The van der Waals surface area contributed by atoms with Gasteiger partial charge in [-0.1, -0.05) is 0 Å². The number of nitrogens with zero attached hydrogens (tertiary/aromatic N) is 2. The molecule has 0 radical (unpaired) electrons. The van der Waals surface area contributed by atoms with Crippen molar-refractivity contribution < 1.29 is 12.8 Å². The van der Waals surface area contributed by atoms with Crippen LogP contribution in [0.25, 0.3) is 11.1 Å². The summed E-state index contributed by atoms with van der Waals surface area (Å²) in [6.45, 7) is 3.73. The average molecular weight is 309 g/mol. The molecule has 2 aromatic heterocycles. The number of oxazole rings is 1. The Labute approximate surface area is 119 Å². The summed E-state index contributed by atoms with van der Waals surface area (Å²) < 4.78 is 32.1. The minimum atomic E-state index is -3.68. The zero-order chi connectivity index (χ0) is 14.3. The number of fused-ring (bicyclic) bond motifs is 1. The van der Waals surface area contributed by atoms with E-state index in [2.05, 4.69) is 14.7 Å². The van der Waals surface area contributed by atoms with Gasteiger partial charge in [0, 0.05) is 10.9 Å². The first-order valence-electron chi connectivity index (χ1n) is 5.76. The van der Waals surface area contributed by atoms with E-state index >= 15 is 0 Å². The quantitative estimate of drug-likeness (QED) is 0.804. The number of benzene rings is 1. The number of nitrogens with one attached hydrogen (secondary N) is 1. The second kappa shape index (κ2) is 4.57. The van der Waals surface area contributed by atoms with Crippen molar-refractivity contribution in [3.63, 3.8) is 0 Å². The van der Waals surface area contributed by atoms with Crippen LogP contribution in [0.3, 0.4) is 0 Å². The Hall–Kier alpha value is -1.93. The number of thiazole rings is 1. The lowest BCUT2D eigenvalue weighted by Gasteiger charge is -2.04. The Kier molecular flexibility index (Phi) is 2.98. The minimum Gasteiger partial charge on any atom is -0.443 e. The molecule has 0 atom stereocenters. The predicted molar refractivity (Wildman–Crippen MR) is 76.4 cm³/mol. The van der Waals surface area contributed by atoms with E-state index in [9.17, 15) is 8.42 Å². The molecule has 3 aromatic rings. The first-order valence-corrected chi connectivity index (χ1v) is 8.06. The fraction of sp³-hybridized carbons (Fsp3) is 0.167. The number of anilines is 1. The van der Waals surface area contributed by atoms with Gasteiger partial charge in [0.1, 0.15) is 5.52 Å². The van der Waals surface area contributed by atoms with E-state index in [1.54, 1.807) is 6.07 Å². The largest absolute Gasteiger partial charge is 0.443 e. The van der Waals surface area contributed by atoms with Crippen LogP contribution < -0.4 is 4.72 Å². The molecule has 0 aliphatic heterocycles. The molecule has 104 valence electrons. The summed E-state index contributed by atoms with van der Waals surface area (Å²) in [7, 11) is -3.68. The Balaban J connectivity index is 1.98. The summed E-state index contributed by atoms with van der Waals surface area (Å²) in [6.07, 6.45) is 1.28. The molecule has 0 bridgehead atoms. The maximum Gasteiger partial charge on any atom is 0.263 e. The fourth-order valence-corrected chi connectivity index (χ4v) is 3.76. The summed E-state index contributed by atoms with van der Waals surface area (Å²) in [4.78, 5) is 9.21. The molecule has 0 fully saturated rings. The molecular formula is C12H11N3O3S2. The number of rotatable bonds is 3. The van der Waals surface area contributed by atoms with Gasteiger partial charge in [-0.15, -0.1) is 11.3 Å². The third-order valence-corrected chi connectivity index (χ3v) is 5.32. The molecule has 0 spiro atoms. The molecule has 2 heterocycles. The fourth-order valence-electron chi connectivity index (χ4n) is 1.69. The highest BCUT2D eigenvalue weighted by Gasteiger charge is 2.18. The van der Waals surface area contributed by atoms with E-state index in [-0.39, 0.29) is 4.90 Å². The second-order valence-electron chi connectivity index (χ2n) is 4.25. The van der Waals surface area contributed by atoms with Crippen molar-refractivity contribution in [3.05, 3.63) is 35.2 Å². The zero-order valence-electron chi connectivity index (χ0n) is 10.7. The Bertz CT molecular complexity index is 861. The summed E-state index contributed by atoms with van der Waals surface area (Å²) >= 11 is 1.30. The highest BCUT2D eigenvalue weighted by Crippen LogP contribution is 2.25. The van der Waals surface area contributed by atoms with Crippen molar-refractivity contribution in [2.45, 2.75) is 18.7 Å². The molecule has 3 rings (SSSR count). The minimum absolute atomic E-state index is 0.118. The molecular weight excluding hydrogens is 298 g/mol. The summed E-state index contributed by atoms with van der Waals surface area (Å²) in [5.41, 5.74) is 1.86. The maximum atomic E-state index is 12.3. The van der Waals surface area contributed by atoms with Crippen molar-refractivity contribution in [1.82, 2.24) is 9.97 Å². The van der Waals surface area contributed by atoms with E-state index < -0.39 is 10.0 Å². The summed E-state index contributed by atoms with van der Waals surface area (Å²) in [5.74, 6) is 0. The van der Waals surface area contributed by atoms with Crippen LogP contribution in [0.5, 0.6) is 0 Å². The Morgan fingerprint density at radius 3 is 2.80 bits per heavy atom. The van der Waals surface area contributed by atoms with Crippen LogP contribution in [0.15, 0.2) is 33.9 Å². The molecule has 1 N–H and O–H groups in total. The third-order valence-electron chi connectivity index (χ3n) is 2.86. The number of sulfonamides is 1.